The molecule has 1 N–H and O–H groups in total. The van der Waals surface area contributed by atoms with Crippen LogP contribution in [-0.2, 0) is 17.8 Å². The van der Waals surface area contributed by atoms with Crippen molar-refractivity contribution in [2.24, 2.45) is 0 Å². The molecule has 0 aliphatic carbocycles. The van der Waals surface area contributed by atoms with E-state index in [1.54, 1.807) is 12.1 Å². The van der Waals surface area contributed by atoms with Crippen molar-refractivity contribution in [1.82, 2.24) is 5.32 Å². The van der Waals surface area contributed by atoms with Gasteiger partial charge in [0.15, 0.2) is 5.78 Å². The Kier molecular flexibility index (Phi) is 6.96. The molecule has 28 heavy (non-hydrogen) atoms. The number of Topliss-reactive ketones (excluding diaryl/α,β-unsaturated/α-hetero) is 1. The maximum Gasteiger partial charge on any atom is 0.408 e. The molecule has 0 radical (unpaired) electrons. The fraction of sp³-hybridized carbons (Fsp3) is 0.167. The first-order valence-electron chi connectivity index (χ1n) is 9.33. The van der Waals surface area contributed by atoms with E-state index in [4.69, 9.17) is 4.74 Å². The summed E-state index contributed by atoms with van der Waals surface area (Å²) in [6.07, 6.45) is 0.590. The molecule has 3 aromatic carbocycles. The van der Waals surface area contributed by atoms with Crippen LogP contribution in [0.3, 0.4) is 0 Å². The van der Waals surface area contributed by atoms with Gasteiger partial charge >= 0.3 is 6.09 Å². The summed E-state index contributed by atoms with van der Waals surface area (Å²) in [6, 6.07) is 27.7. The van der Waals surface area contributed by atoms with Gasteiger partial charge in [0.05, 0.1) is 6.04 Å². The first kappa shape index (κ1) is 19.4. The third-order valence-electron chi connectivity index (χ3n) is 4.44. The highest BCUT2D eigenvalue weighted by atomic mass is 16.5. The standard InChI is InChI=1S/C24H23NO3/c26-23(21-14-8-3-9-15-21)22(17-16-19-10-4-1-5-11-19)25-24(27)28-18-20-12-6-2-7-13-20/h1-15,22H,16-18H2,(H,25,27)/t22-/m0/s1. The Bertz CT molecular complexity index is 879. The first-order valence-corrected chi connectivity index (χ1v) is 9.33. The number of amides is 1. The Morgan fingerprint density at radius 3 is 1.89 bits per heavy atom. The lowest BCUT2D eigenvalue weighted by Crippen LogP contribution is -2.41. The van der Waals surface area contributed by atoms with Gasteiger partial charge in [-0.3, -0.25) is 4.79 Å². The van der Waals surface area contributed by atoms with Crippen LogP contribution in [0.15, 0.2) is 91.0 Å². The molecule has 0 saturated carbocycles. The summed E-state index contributed by atoms with van der Waals surface area (Å²) in [4.78, 5) is 25.2. The number of hydrogen-bond donors (Lipinski definition) is 1. The summed E-state index contributed by atoms with van der Waals surface area (Å²) in [7, 11) is 0. The molecule has 0 aliphatic rings. The molecule has 0 aromatic heterocycles. The normalized spacial score (nSPS) is 11.4. The zero-order valence-electron chi connectivity index (χ0n) is 15.6. The van der Waals surface area contributed by atoms with Gasteiger partial charge < -0.3 is 10.1 Å². The lowest BCUT2D eigenvalue weighted by molar-refractivity contribution is 0.0911. The van der Waals surface area contributed by atoms with E-state index in [9.17, 15) is 9.59 Å². The molecule has 142 valence electrons. The minimum Gasteiger partial charge on any atom is -0.445 e. The van der Waals surface area contributed by atoms with Crippen molar-refractivity contribution in [3.8, 4) is 0 Å². The zero-order chi connectivity index (χ0) is 19.6. The molecule has 0 spiro atoms. The van der Waals surface area contributed by atoms with Gasteiger partial charge in [-0.25, -0.2) is 4.79 Å². The Labute approximate surface area is 165 Å². The number of ether oxygens (including phenoxy) is 1. The minimum atomic E-state index is -0.647. The zero-order valence-corrected chi connectivity index (χ0v) is 15.6. The Morgan fingerprint density at radius 1 is 0.750 bits per heavy atom. The summed E-state index contributed by atoms with van der Waals surface area (Å²) in [5.74, 6) is -0.117. The molecule has 4 nitrogen and oxygen atoms in total. The average molecular weight is 373 g/mol. The van der Waals surface area contributed by atoms with E-state index >= 15 is 0 Å². The summed E-state index contributed by atoms with van der Waals surface area (Å²) < 4.78 is 5.29. The van der Waals surface area contributed by atoms with E-state index in [0.29, 0.717) is 18.4 Å². The molecule has 0 bridgehead atoms. The minimum absolute atomic E-state index is 0.117. The highest BCUT2D eigenvalue weighted by molar-refractivity contribution is 6.01. The van der Waals surface area contributed by atoms with E-state index in [0.717, 1.165) is 11.1 Å². The number of ketones is 1. The molecular weight excluding hydrogens is 350 g/mol. The van der Waals surface area contributed by atoms with Crippen LogP contribution in [0.5, 0.6) is 0 Å². The van der Waals surface area contributed by atoms with Crippen LogP contribution < -0.4 is 5.32 Å². The van der Waals surface area contributed by atoms with Crippen LogP contribution in [-0.4, -0.2) is 17.9 Å². The molecule has 0 unspecified atom stereocenters. The number of hydrogen-bond acceptors (Lipinski definition) is 3. The van der Waals surface area contributed by atoms with Gasteiger partial charge in [0, 0.05) is 5.56 Å². The summed E-state index contributed by atoms with van der Waals surface area (Å²) in [6.45, 7) is 0.164. The van der Waals surface area contributed by atoms with Gasteiger partial charge in [0.2, 0.25) is 0 Å². The molecule has 1 amide bonds. The van der Waals surface area contributed by atoms with E-state index in [2.05, 4.69) is 5.32 Å². The number of nitrogens with one attached hydrogen (secondary N) is 1. The fourth-order valence-corrected chi connectivity index (χ4v) is 2.94. The molecule has 0 fully saturated rings. The summed E-state index contributed by atoms with van der Waals surface area (Å²) in [5, 5.41) is 2.75. The monoisotopic (exact) mass is 373 g/mol. The molecule has 0 aliphatic heterocycles. The second-order valence-corrected chi connectivity index (χ2v) is 6.51. The number of rotatable bonds is 8. The van der Waals surface area contributed by atoms with Gasteiger partial charge in [-0.15, -0.1) is 0 Å². The van der Waals surface area contributed by atoms with Gasteiger partial charge in [0.1, 0.15) is 6.61 Å². The number of alkyl carbamates (subject to hydrolysis) is 1. The number of carbonyl (C=O) groups excluding carboxylic acids is 2. The Morgan fingerprint density at radius 2 is 1.29 bits per heavy atom. The van der Waals surface area contributed by atoms with Crippen LogP contribution in [0.4, 0.5) is 4.79 Å². The predicted molar refractivity (Wildman–Crippen MR) is 109 cm³/mol. The first-order chi connectivity index (χ1) is 13.7. The quantitative estimate of drug-likeness (QED) is 0.577. The SMILES string of the molecule is O=C(N[C@@H](CCc1ccccc1)C(=O)c1ccccc1)OCc1ccccc1. The van der Waals surface area contributed by atoms with Crippen LogP contribution in [0, 0.1) is 0 Å². The number of benzene rings is 3. The highest BCUT2D eigenvalue weighted by Gasteiger charge is 2.22. The van der Waals surface area contributed by atoms with E-state index in [1.807, 2.05) is 78.9 Å². The highest BCUT2D eigenvalue weighted by Crippen LogP contribution is 2.11. The third-order valence-corrected chi connectivity index (χ3v) is 4.44. The van der Waals surface area contributed by atoms with Crippen molar-refractivity contribution in [3.63, 3.8) is 0 Å². The van der Waals surface area contributed by atoms with Crippen LogP contribution in [0.2, 0.25) is 0 Å². The van der Waals surface area contributed by atoms with Gasteiger partial charge in [-0.2, -0.15) is 0 Å². The fourth-order valence-electron chi connectivity index (χ4n) is 2.94. The second-order valence-electron chi connectivity index (χ2n) is 6.51. The molecule has 0 heterocycles. The summed E-state index contributed by atoms with van der Waals surface area (Å²) >= 11 is 0. The van der Waals surface area contributed by atoms with Crippen molar-refractivity contribution in [3.05, 3.63) is 108 Å². The summed E-state index contributed by atoms with van der Waals surface area (Å²) in [5.41, 5.74) is 2.59. The van der Waals surface area contributed by atoms with E-state index in [1.165, 1.54) is 0 Å². The lowest BCUT2D eigenvalue weighted by Gasteiger charge is -2.18. The van der Waals surface area contributed by atoms with Crippen molar-refractivity contribution in [1.29, 1.82) is 0 Å². The van der Waals surface area contributed by atoms with Gasteiger partial charge in [-0.1, -0.05) is 91.0 Å². The van der Waals surface area contributed by atoms with E-state index < -0.39 is 12.1 Å². The Hall–Kier alpha value is -3.40. The molecule has 3 rings (SSSR count). The lowest BCUT2D eigenvalue weighted by atomic mass is 9.98. The smallest absolute Gasteiger partial charge is 0.408 e. The number of carbonyl (C=O) groups is 2. The molecular formula is C24H23NO3. The number of aryl methyl sites for hydroxylation is 1. The van der Waals surface area contributed by atoms with E-state index in [-0.39, 0.29) is 12.4 Å². The van der Waals surface area contributed by atoms with Gasteiger partial charge in [-0.05, 0) is 24.0 Å². The molecule has 0 saturated heterocycles. The molecule has 3 aromatic rings. The third kappa shape index (κ3) is 5.81. The molecule has 4 heteroatoms. The maximum atomic E-state index is 12.9. The van der Waals surface area contributed by atoms with Crippen LogP contribution in [0.1, 0.15) is 27.9 Å². The maximum absolute atomic E-state index is 12.9. The average Bonchev–Trinajstić information content (AvgIpc) is 2.76. The van der Waals surface area contributed by atoms with Crippen molar-refractivity contribution in [2.45, 2.75) is 25.5 Å². The molecule has 1 atom stereocenters. The van der Waals surface area contributed by atoms with Crippen molar-refractivity contribution >= 4 is 11.9 Å². The van der Waals surface area contributed by atoms with Crippen LogP contribution in [0.25, 0.3) is 0 Å². The Balaban J connectivity index is 1.64. The van der Waals surface area contributed by atoms with Crippen LogP contribution >= 0.6 is 0 Å². The topological polar surface area (TPSA) is 55.4 Å². The van der Waals surface area contributed by atoms with Crippen molar-refractivity contribution < 1.29 is 14.3 Å². The predicted octanol–water partition coefficient (Wildman–Crippen LogP) is 4.80. The van der Waals surface area contributed by atoms with Crippen molar-refractivity contribution in [2.75, 3.05) is 0 Å². The second kappa shape index (κ2) is 10.1. The van der Waals surface area contributed by atoms with Gasteiger partial charge in [0.25, 0.3) is 0 Å². The largest absolute Gasteiger partial charge is 0.445 e.